The number of nitrogens with zero attached hydrogens (tertiary/aromatic N) is 5. The molecule has 1 amide bonds. The van der Waals surface area contributed by atoms with Gasteiger partial charge in [0.2, 0.25) is 15.9 Å². The second-order valence-corrected chi connectivity index (χ2v) is 9.49. The number of aromatic nitrogens is 4. The van der Waals surface area contributed by atoms with Crippen LogP contribution in [0.1, 0.15) is 30.1 Å². The quantitative estimate of drug-likeness (QED) is 0.564. The van der Waals surface area contributed by atoms with Crippen LogP contribution in [0.3, 0.4) is 0 Å². The Morgan fingerprint density at radius 3 is 2.41 bits per heavy atom. The number of amides is 1. The van der Waals surface area contributed by atoms with Crippen molar-refractivity contribution < 1.29 is 18.0 Å². The lowest BCUT2D eigenvalue weighted by Gasteiger charge is -2.30. The molecule has 0 unspecified atom stereocenters. The molecule has 1 aromatic heterocycles. The summed E-state index contributed by atoms with van der Waals surface area (Å²) in [5.41, 5.74) is 1.73. The number of carbonyl (C=O) groups is 2. The van der Waals surface area contributed by atoms with Gasteiger partial charge in [0.25, 0.3) is 0 Å². The Hall–Kier alpha value is -3.44. The maximum absolute atomic E-state index is 13.0. The van der Waals surface area contributed by atoms with Crippen LogP contribution in [0, 0.1) is 5.92 Å². The molecule has 0 spiro atoms. The number of hydrogen-bond donors (Lipinski definition) is 1. The normalized spacial score (nSPS) is 15.4. The maximum atomic E-state index is 13.0. The molecular weight excluding hydrogens is 432 g/mol. The first-order chi connectivity index (χ1) is 15.3. The molecule has 1 fully saturated rings. The van der Waals surface area contributed by atoms with Gasteiger partial charge in [-0.1, -0.05) is 12.1 Å². The topological polar surface area (TPSA) is 127 Å². The maximum Gasteiger partial charge on any atom is 0.243 e. The van der Waals surface area contributed by atoms with Crippen LogP contribution >= 0.6 is 0 Å². The first-order valence-corrected chi connectivity index (χ1v) is 11.5. The van der Waals surface area contributed by atoms with Gasteiger partial charge in [0.1, 0.15) is 6.33 Å². The minimum absolute atomic E-state index is 0.0781. The fourth-order valence-corrected chi connectivity index (χ4v) is 5.09. The first kappa shape index (κ1) is 21.8. The Morgan fingerprint density at radius 1 is 1.06 bits per heavy atom. The summed E-state index contributed by atoms with van der Waals surface area (Å²) in [4.78, 5) is 24.3. The number of ketones is 1. The SMILES string of the molecule is CC(=O)c1cccc(NC(=O)C2CCN(S(=O)(=O)c3ccc(-n4cnnn4)cc3)CC2)c1. The molecule has 11 heteroatoms. The number of carbonyl (C=O) groups excluding carboxylic acids is 2. The molecule has 4 rings (SSSR count). The summed E-state index contributed by atoms with van der Waals surface area (Å²) >= 11 is 0. The second kappa shape index (κ2) is 8.97. The third kappa shape index (κ3) is 4.58. The van der Waals surface area contributed by atoms with Gasteiger partial charge in [-0.25, -0.2) is 13.1 Å². The van der Waals surface area contributed by atoms with Gasteiger partial charge in [-0.3, -0.25) is 9.59 Å². The van der Waals surface area contributed by atoms with Crippen LogP contribution in [0.25, 0.3) is 5.69 Å². The molecule has 2 heterocycles. The second-order valence-electron chi connectivity index (χ2n) is 7.55. The zero-order chi connectivity index (χ0) is 22.7. The molecule has 3 aromatic rings. The van der Waals surface area contributed by atoms with Crippen LogP contribution in [-0.4, -0.2) is 57.7 Å². The monoisotopic (exact) mass is 454 g/mol. The van der Waals surface area contributed by atoms with Crippen LogP contribution in [0.4, 0.5) is 5.69 Å². The van der Waals surface area contributed by atoms with E-state index < -0.39 is 10.0 Å². The van der Waals surface area contributed by atoms with Crippen LogP contribution in [0.2, 0.25) is 0 Å². The van der Waals surface area contributed by atoms with Gasteiger partial charge in [0, 0.05) is 30.3 Å². The highest BCUT2D eigenvalue weighted by Gasteiger charge is 2.32. The molecule has 32 heavy (non-hydrogen) atoms. The molecule has 0 saturated carbocycles. The van der Waals surface area contributed by atoms with Gasteiger partial charge < -0.3 is 5.32 Å². The molecule has 0 bridgehead atoms. The van der Waals surface area contributed by atoms with Gasteiger partial charge in [-0.15, -0.1) is 5.10 Å². The molecule has 0 radical (unpaired) electrons. The van der Waals surface area contributed by atoms with Crippen molar-refractivity contribution in [2.45, 2.75) is 24.7 Å². The fraction of sp³-hybridized carbons (Fsp3) is 0.286. The van der Waals surface area contributed by atoms with E-state index in [0.717, 1.165) is 0 Å². The van der Waals surface area contributed by atoms with Crippen LogP contribution < -0.4 is 5.32 Å². The van der Waals surface area contributed by atoms with Crippen LogP contribution in [-0.2, 0) is 14.8 Å². The number of Topliss-reactive ketones (excluding diaryl/α,β-unsaturated/α-hetero) is 1. The van der Waals surface area contributed by atoms with Crippen molar-refractivity contribution in [3.63, 3.8) is 0 Å². The highest BCUT2D eigenvalue weighted by molar-refractivity contribution is 7.89. The number of nitrogens with one attached hydrogen (secondary N) is 1. The summed E-state index contributed by atoms with van der Waals surface area (Å²) in [6, 6.07) is 13.1. The zero-order valence-corrected chi connectivity index (χ0v) is 18.2. The van der Waals surface area contributed by atoms with Crippen molar-refractivity contribution in [1.82, 2.24) is 24.5 Å². The number of tetrazole rings is 1. The van der Waals surface area contributed by atoms with E-state index in [1.165, 1.54) is 34.4 Å². The van der Waals surface area contributed by atoms with E-state index in [9.17, 15) is 18.0 Å². The highest BCUT2D eigenvalue weighted by Crippen LogP contribution is 2.25. The molecule has 1 saturated heterocycles. The van der Waals surface area contributed by atoms with Crippen molar-refractivity contribution in [3.05, 3.63) is 60.4 Å². The average molecular weight is 455 g/mol. The molecule has 1 aliphatic heterocycles. The number of anilines is 1. The van der Waals surface area contributed by atoms with Crippen molar-refractivity contribution >= 4 is 27.4 Å². The number of hydrogen-bond acceptors (Lipinski definition) is 7. The van der Waals surface area contributed by atoms with Crippen molar-refractivity contribution in [1.29, 1.82) is 0 Å². The number of benzene rings is 2. The lowest BCUT2D eigenvalue weighted by molar-refractivity contribution is -0.120. The van der Waals surface area contributed by atoms with Gasteiger partial charge in [0.05, 0.1) is 10.6 Å². The fourth-order valence-electron chi connectivity index (χ4n) is 3.62. The standard InChI is InChI=1S/C21H22N6O4S/c1-15(28)17-3-2-4-18(13-17)23-21(29)16-9-11-26(12-10-16)32(30,31)20-7-5-19(6-8-20)27-14-22-24-25-27/h2-8,13-14,16H,9-12H2,1H3,(H,23,29). The van der Waals surface area contributed by atoms with E-state index >= 15 is 0 Å². The Balaban J connectivity index is 1.38. The molecular formula is C21H22N6O4S. The van der Waals surface area contributed by atoms with Crippen LogP contribution in [0.5, 0.6) is 0 Å². The molecule has 0 aliphatic carbocycles. The lowest BCUT2D eigenvalue weighted by Crippen LogP contribution is -2.41. The minimum Gasteiger partial charge on any atom is -0.326 e. The third-order valence-corrected chi connectivity index (χ3v) is 7.36. The van der Waals surface area contributed by atoms with E-state index in [0.29, 0.717) is 29.8 Å². The van der Waals surface area contributed by atoms with Crippen molar-refractivity contribution in [3.8, 4) is 5.69 Å². The summed E-state index contributed by atoms with van der Waals surface area (Å²) in [7, 11) is -3.67. The zero-order valence-electron chi connectivity index (χ0n) is 17.4. The average Bonchev–Trinajstić information content (AvgIpc) is 3.34. The summed E-state index contributed by atoms with van der Waals surface area (Å²) in [6.45, 7) is 1.97. The first-order valence-electron chi connectivity index (χ1n) is 10.1. The van der Waals surface area contributed by atoms with E-state index in [2.05, 4.69) is 20.8 Å². The Bertz CT molecular complexity index is 1220. The highest BCUT2D eigenvalue weighted by atomic mass is 32.2. The smallest absolute Gasteiger partial charge is 0.243 e. The molecule has 2 aromatic carbocycles. The molecule has 166 valence electrons. The third-order valence-electron chi connectivity index (χ3n) is 5.45. The largest absolute Gasteiger partial charge is 0.326 e. The number of sulfonamides is 1. The van der Waals surface area contributed by atoms with E-state index in [1.807, 2.05) is 0 Å². The molecule has 1 N–H and O–H groups in total. The summed E-state index contributed by atoms with van der Waals surface area (Å²) < 4.78 is 28.8. The van der Waals surface area contributed by atoms with Gasteiger partial charge in [-0.05, 0) is 66.6 Å². The van der Waals surface area contributed by atoms with E-state index in [1.54, 1.807) is 36.4 Å². The summed E-state index contributed by atoms with van der Waals surface area (Å²) in [6.07, 6.45) is 2.26. The van der Waals surface area contributed by atoms with Crippen molar-refractivity contribution in [2.75, 3.05) is 18.4 Å². The van der Waals surface area contributed by atoms with Crippen LogP contribution in [0.15, 0.2) is 59.8 Å². The summed E-state index contributed by atoms with van der Waals surface area (Å²) in [5.74, 6) is -0.552. The van der Waals surface area contributed by atoms with E-state index in [4.69, 9.17) is 0 Å². The Kier molecular flexibility index (Phi) is 6.10. The van der Waals surface area contributed by atoms with Crippen molar-refractivity contribution in [2.24, 2.45) is 5.92 Å². The number of piperidine rings is 1. The Morgan fingerprint density at radius 2 is 1.78 bits per heavy atom. The molecule has 1 aliphatic rings. The van der Waals surface area contributed by atoms with Gasteiger partial charge >= 0.3 is 0 Å². The predicted octanol–water partition coefficient (Wildman–Crippen LogP) is 1.90. The Labute approximate surface area is 185 Å². The minimum atomic E-state index is -3.67. The lowest BCUT2D eigenvalue weighted by atomic mass is 9.97. The van der Waals surface area contributed by atoms with E-state index in [-0.39, 0.29) is 35.6 Å². The predicted molar refractivity (Wildman–Crippen MR) is 116 cm³/mol. The summed E-state index contributed by atoms with van der Waals surface area (Å²) in [5, 5.41) is 13.7. The van der Waals surface area contributed by atoms with Gasteiger partial charge in [0.15, 0.2) is 5.78 Å². The number of rotatable bonds is 6. The van der Waals surface area contributed by atoms with Gasteiger partial charge in [-0.2, -0.15) is 4.31 Å². The molecule has 10 nitrogen and oxygen atoms in total. The molecule has 0 atom stereocenters.